The van der Waals surface area contributed by atoms with Crippen molar-refractivity contribution in [1.29, 1.82) is 0 Å². The molecule has 0 heterocycles. The summed E-state index contributed by atoms with van der Waals surface area (Å²) < 4.78 is 0. The molecule has 1 aromatic rings. The number of rotatable bonds is 6. The second-order valence-electron chi connectivity index (χ2n) is 4.85. The van der Waals surface area contributed by atoms with Crippen LogP contribution in [0, 0.1) is 12.8 Å². The van der Waals surface area contributed by atoms with Crippen LogP contribution >= 0.6 is 24.2 Å². The zero-order chi connectivity index (χ0) is 13.0. The number of hydrogen-bond acceptors (Lipinski definition) is 3. The van der Waals surface area contributed by atoms with E-state index in [0.717, 1.165) is 4.90 Å². The van der Waals surface area contributed by atoms with Gasteiger partial charge in [-0.3, -0.25) is 4.79 Å². The van der Waals surface area contributed by atoms with Crippen LogP contribution in [0.5, 0.6) is 0 Å². The van der Waals surface area contributed by atoms with Gasteiger partial charge in [0.2, 0.25) is 5.91 Å². The minimum absolute atomic E-state index is 0. The van der Waals surface area contributed by atoms with E-state index < -0.39 is 0 Å². The van der Waals surface area contributed by atoms with Crippen molar-refractivity contribution >= 4 is 30.1 Å². The van der Waals surface area contributed by atoms with Crippen molar-refractivity contribution in [1.82, 2.24) is 5.32 Å². The second-order valence-corrected chi connectivity index (χ2v) is 5.90. The normalized spacial score (nSPS) is 15.5. The number of amides is 1. The van der Waals surface area contributed by atoms with Gasteiger partial charge in [0.05, 0.1) is 5.75 Å². The van der Waals surface area contributed by atoms with Gasteiger partial charge in [-0.05, 0) is 37.8 Å². The van der Waals surface area contributed by atoms with Crippen molar-refractivity contribution in [2.24, 2.45) is 11.7 Å². The number of benzene rings is 1. The van der Waals surface area contributed by atoms with E-state index in [4.69, 9.17) is 5.73 Å². The van der Waals surface area contributed by atoms with Crippen molar-refractivity contribution in [2.45, 2.75) is 30.7 Å². The molecule has 1 fully saturated rings. The number of nitrogens with one attached hydrogen (secondary N) is 1. The fourth-order valence-corrected chi connectivity index (χ4v) is 2.61. The molecule has 0 aromatic heterocycles. The fourth-order valence-electron chi connectivity index (χ4n) is 1.90. The molecule has 0 saturated heterocycles. The molecule has 1 unspecified atom stereocenters. The number of carbonyl (C=O) groups excluding carboxylic acids is 1. The van der Waals surface area contributed by atoms with Crippen molar-refractivity contribution < 1.29 is 4.79 Å². The first-order chi connectivity index (χ1) is 8.69. The number of nitrogens with two attached hydrogens (primary N) is 1. The minimum atomic E-state index is 0. The molecule has 1 aliphatic rings. The molecule has 3 N–H and O–H groups in total. The summed E-state index contributed by atoms with van der Waals surface area (Å²) in [6.07, 6.45) is 2.40. The summed E-state index contributed by atoms with van der Waals surface area (Å²) in [7, 11) is 0. The van der Waals surface area contributed by atoms with Crippen LogP contribution in [0.15, 0.2) is 29.2 Å². The Bertz CT molecular complexity index is 406. The summed E-state index contributed by atoms with van der Waals surface area (Å²) >= 11 is 1.57. The van der Waals surface area contributed by atoms with E-state index in [1.54, 1.807) is 11.8 Å². The van der Waals surface area contributed by atoms with E-state index in [2.05, 4.69) is 36.5 Å². The molecule has 0 bridgehead atoms. The summed E-state index contributed by atoms with van der Waals surface area (Å²) in [6.45, 7) is 2.61. The highest BCUT2D eigenvalue weighted by atomic mass is 35.5. The Kier molecular flexibility index (Phi) is 6.69. The van der Waals surface area contributed by atoms with Gasteiger partial charge in [-0.15, -0.1) is 24.2 Å². The van der Waals surface area contributed by atoms with Crippen LogP contribution in [0.4, 0.5) is 0 Å². The third-order valence-corrected chi connectivity index (χ3v) is 4.19. The maximum absolute atomic E-state index is 11.8. The van der Waals surface area contributed by atoms with Crippen LogP contribution in [0.1, 0.15) is 18.4 Å². The van der Waals surface area contributed by atoms with Gasteiger partial charge in [-0.25, -0.2) is 0 Å². The summed E-state index contributed by atoms with van der Waals surface area (Å²) in [5.41, 5.74) is 6.90. The Labute approximate surface area is 125 Å². The fraction of sp³-hybridized carbons (Fsp3) is 0.500. The van der Waals surface area contributed by atoms with E-state index in [0.29, 0.717) is 18.2 Å². The Morgan fingerprint density at radius 2 is 2.05 bits per heavy atom. The van der Waals surface area contributed by atoms with Crippen LogP contribution in [0.25, 0.3) is 0 Å². The Hall–Kier alpha value is -0.710. The van der Waals surface area contributed by atoms with E-state index in [-0.39, 0.29) is 24.4 Å². The van der Waals surface area contributed by atoms with Gasteiger partial charge in [0.15, 0.2) is 0 Å². The van der Waals surface area contributed by atoms with Crippen LogP contribution < -0.4 is 11.1 Å². The zero-order valence-electron chi connectivity index (χ0n) is 11.1. The van der Waals surface area contributed by atoms with Gasteiger partial charge >= 0.3 is 0 Å². The van der Waals surface area contributed by atoms with Crippen molar-refractivity contribution in [2.75, 3.05) is 12.3 Å². The molecule has 1 aromatic carbocycles. The number of thioether (sulfide) groups is 1. The molecule has 0 radical (unpaired) electrons. The molecule has 106 valence electrons. The van der Waals surface area contributed by atoms with Crippen LogP contribution in [-0.2, 0) is 4.79 Å². The predicted octanol–water partition coefficient (Wildman–Crippen LogP) is 2.36. The van der Waals surface area contributed by atoms with Crippen LogP contribution in [-0.4, -0.2) is 24.2 Å². The lowest BCUT2D eigenvalue weighted by molar-refractivity contribution is -0.119. The van der Waals surface area contributed by atoms with Gasteiger partial charge in [0.1, 0.15) is 0 Å². The van der Waals surface area contributed by atoms with Crippen molar-refractivity contribution in [3.05, 3.63) is 29.8 Å². The summed E-state index contributed by atoms with van der Waals surface area (Å²) in [4.78, 5) is 12.9. The molecule has 0 spiro atoms. The molecule has 19 heavy (non-hydrogen) atoms. The third kappa shape index (κ3) is 5.43. The smallest absolute Gasteiger partial charge is 0.230 e. The van der Waals surface area contributed by atoms with E-state index in [1.165, 1.54) is 18.4 Å². The van der Waals surface area contributed by atoms with Crippen molar-refractivity contribution in [3.8, 4) is 0 Å². The lowest BCUT2D eigenvalue weighted by atomic mass is 10.2. The molecule has 1 saturated carbocycles. The molecular formula is C14H21ClN2OS. The first-order valence-corrected chi connectivity index (χ1v) is 7.36. The standard InChI is InChI=1S/C14H20N2OS.ClH/c1-10-2-6-12(7-3-10)18-9-14(17)16-13(8-15)11-4-5-11;/h2-3,6-7,11,13H,4-5,8-9,15H2,1H3,(H,16,17);1H. The molecule has 1 aliphatic carbocycles. The number of hydrogen-bond donors (Lipinski definition) is 2. The quantitative estimate of drug-likeness (QED) is 0.793. The Balaban J connectivity index is 0.00000180. The number of aryl methyl sites for hydroxylation is 1. The van der Waals surface area contributed by atoms with Gasteiger partial charge in [-0.2, -0.15) is 0 Å². The lowest BCUT2D eigenvalue weighted by Gasteiger charge is -2.15. The molecular weight excluding hydrogens is 280 g/mol. The van der Waals surface area contributed by atoms with E-state index >= 15 is 0 Å². The predicted molar refractivity (Wildman–Crippen MR) is 82.9 cm³/mol. The number of halogens is 1. The molecule has 3 nitrogen and oxygen atoms in total. The largest absolute Gasteiger partial charge is 0.351 e. The summed E-state index contributed by atoms with van der Waals surface area (Å²) in [6, 6.07) is 8.40. The Morgan fingerprint density at radius 3 is 2.58 bits per heavy atom. The van der Waals surface area contributed by atoms with E-state index in [1.807, 2.05) is 0 Å². The lowest BCUT2D eigenvalue weighted by Crippen LogP contribution is -2.42. The Morgan fingerprint density at radius 1 is 1.42 bits per heavy atom. The average molecular weight is 301 g/mol. The average Bonchev–Trinajstić information content (AvgIpc) is 3.19. The highest BCUT2D eigenvalue weighted by molar-refractivity contribution is 8.00. The maximum atomic E-state index is 11.8. The first kappa shape index (κ1) is 16.3. The first-order valence-electron chi connectivity index (χ1n) is 6.38. The highest BCUT2D eigenvalue weighted by Gasteiger charge is 2.31. The maximum Gasteiger partial charge on any atom is 0.230 e. The van der Waals surface area contributed by atoms with Crippen molar-refractivity contribution in [3.63, 3.8) is 0 Å². The molecule has 5 heteroatoms. The minimum Gasteiger partial charge on any atom is -0.351 e. The van der Waals surface area contributed by atoms with Gasteiger partial charge in [0, 0.05) is 17.5 Å². The second kappa shape index (κ2) is 7.78. The monoisotopic (exact) mass is 300 g/mol. The van der Waals surface area contributed by atoms with Crippen LogP contribution in [0.3, 0.4) is 0 Å². The molecule has 1 amide bonds. The van der Waals surface area contributed by atoms with Crippen LogP contribution in [0.2, 0.25) is 0 Å². The summed E-state index contributed by atoms with van der Waals surface area (Å²) in [5, 5.41) is 3.03. The SMILES string of the molecule is Cc1ccc(SCC(=O)NC(CN)C2CC2)cc1.Cl. The highest BCUT2D eigenvalue weighted by Crippen LogP contribution is 2.32. The van der Waals surface area contributed by atoms with Gasteiger partial charge in [0.25, 0.3) is 0 Å². The van der Waals surface area contributed by atoms with Gasteiger partial charge in [-0.1, -0.05) is 17.7 Å². The van der Waals surface area contributed by atoms with E-state index in [9.17, 15) is 4.79 Å². The summed E-state index contributed by atoms with van der Waals surface area (Å²) in [5.74, 6) is 1.16. The molecule has 2 rings (SSSR count). The molecule has 1 atom stereocenters. The van der Waals surface area contributed by atoms with Gasteiger partial charge < -0.3 is 11.1 Å². The zero-order valence-corrected chi connectivity index (χ0v) is 12.7. The molecule has 0 aliphatic heterocycles. The number of carbonyl (C=O) groups is 1. The third-order valence-electron chi connectivity index (χ3n) is 3.18. The topological polar surface area (TPSA) is 55.1 Å².